The van der Waals surface area contributed by atoms with Crippen LogP contribution in [0.2, 0.25) is 0 Å². The molecule has 4 aliphatic rings. The second-order valence-corrected chi connectivity index (χ2v) is 25.4. The molecule has 0 spiro atoms. The predicted octanol–water partition coefficient (Wildman–Crippen LogP) is 16.9. The number of hydrogen-bond acceptors (Lipinski definition) is 4. The molecule has 4 aliphatic heterocycles. The molecule has 11 aromatic rings. The molecule has 0 amide bonds. The van der Waals surface area contributed by atoms with E-state index in [1.807, 2.05) is 0 Å². The van der Waals surface area contributed by atoms with Crippen LogP contribution in [0, 0.1) is 95.9 Å². The fraction of sp³-hybridized carbons (Fsp3) is 0.205. The summed E-state index contributed by atoms with van der Waals surface area (Å²) in [5.41, 5.74) is 30.1. The Hall–Kier alpha value is -10.2. The van der Waals surface area contributed by atoms with Crippen molar-refractivity contribution in [3.05, 3.63) is 359 Å². The topological polar surface area (TPSA) is 28.5 Å². The molecule has 0 saturated heterocycles. The minimum Gasteiger partial charge on any atom is -0.348 e. The van der Waals surface area contributed by atoms with Crippen LogP contribution in [0.1, 0.15) is 127 Å². The zero-order valence-corrected chi connectivity index (χ0v) is 55.1. The molecule has 2 unspecified atom stereocenters. The molecular formula is C83H86N8. The van der Waals surface area contributed by atoms with E-state index in [-0.39, 0.29) is 12.1 Å². The van der Waals surface area contributed by atoms with E-state index in [4.69, 9.17) is 0 Å². The van der Waals surface area contributed by atoms with E-state index in [0.29, 0.717) is 5.92 Å². The van der Waals surface area contributed by atoms with Crippen LogP contribution in [0.5, 0.6) is 0 Å². The molecule has 0 radical (unpaired) electrons. The maximum Gasteiger partial charge on any atom is 0.145 e. The van der Waals surface area contributed by atoms with Gasteiger partial charge in [-0.1, -0.05) is 231 Å². The first-order valence-electron chi connectivity index (χ1n) is 32.1. The van der Waals surface area contributed by atoms with Gasteiger partial charge in [0, 0.05) is 22.7 Å². The van der Waals surface area contributed by atoms with Gasteiger partial charge in [-0.25, -0.2) is 0 Å². The van der Waals surface area contributed by atoms with Gasteiger partial charge in [0.2, 0.25) is 0 Å². The molecular weight excluding hydrogens is 1110 g/mol. The number of pyridine rings is 4. The zero-order chi connectivity index (χ0) is 63.4. The van der Waals surface area contributed by atoms with Gasteiger partial charge in [0.1, 0.15) is 55.1 Å². The smallest absolute Gasteiger partial charge is 0.145 e. The second-order valence-electron chi connectivity index (χ2n) is 25.4. The number of rotatable bonds is 8. The predicted molar refractivity (Wildman–Crippen MR) is 372 cm³/mol. The molecule has 4 aromatic heterocycles. The Morgan fingerprint density at radius 3 is 1.38 bits per heavy atom. The van der Waals surface area contributed by atoms with Gasteiger partial charge in [0.05, 0.1) is 43.3 Å². The summed E-state index contributed by atoms with van der Waals surface area (Å²) in [4.78, 5) is 9.49. The number of nitrogens with zero attached hydrogens (tertiary/aromatic N) is 8. The third-order valence-electron chi connectivity index (χ3n) is 18.0. The van der Waals surface area contributed by atoms with Gasteiger partial charge in [0.15, 0.2) is 0 Å². The number of aromatic nitrogens is 4. The summed E-state index contributed by atoms with van der Waals surface area (Å²) < 4.78 is 9.04. The molecule has 7 aromatic carbocycles. The zero-order valence-electron chi connectivity index (χ0n) is 55.1. The van der Waals surface area contributed by atoms with Crippen molar-refractivity contribution in [2.24, 2.45) is 0 Å². The Morgan fingerprint density at radius 1 is 0.374 bits per heavy atom. The third-order valence-corrected chi connectivity index (χ3v) is 18.0. The highest BCUT2D eigenvalue weighted by Crippen LogP contribution is 2.41. The molecule has 0 N–H and O–H groups in total. The lowest BCUT2D eigenvalue weighted by molar-refractivity contribution is -0.636. The summed E-state index contributed by atoms with van der Waals surface area (Å²) in [5.74, 6) is 0.530. The SMILES string of the molecule is CC(C)c1ccc(N2[CH-][n+]3c(-c4ccccc4)cccc3C2c2ccccc2)cc1.Cc1cc(C)c(N2[CH-][n+]3c(C)cccc3C2)c(C)c1.Cc1cc(C)c(N2[CH-][n+]3ccccc3C2)c(C)c1.Cc1cc(C)c(N2[CH-][n+]3ccccc3C2c2ccccc2)c(C)c1. The van der Waals surface area contributed by atoms with Crippen LogP contribution in [0.3, 0.4) is 0 Å². The molecule has 8 nitrogen and oxygen atoms in total. The molecule has 15 rings (SSSR count). The molecule has 0 saturated carbocycles. The Kier molecular flexibility index (Phi) is 17.8. The normalized spacial score (nSPS) is 14.6. The highest BCUT2D eigenvalue weighted by Gasteiger charge is 2.36. The van der Waals surface area contributed by atoms with Crippen molar-refractivity contribution in [3.63, 3.8) is 0 Å². The van der Waals surface area contributed by atoms with Gasteiger partial charge in [-0.05, 0) is 155 Å². The molecule has 8 heteroatoms. The van der Waals surface area contributed by atoms with Crippen molar-refractivity contribution in [2.75, 3.05) is 19.6 Å². The number of benzene rings is 7. The molecule has 458 valence electrons. The van der Waals surface area contributed by atoms with Crippen molar-refractivity contribution in [1.29, 1.82) is 0 Å². The summed E-state index contributed by atoms with van der Waals surface area (Å²) in [6.45, 7) is 37.1. The van der Waals surface area contributed by atoms with Crippen molar-refractivity contribution < 1.29 is 18.3 Å². The van der Waals surface area contributed by atoms with Crippen LogP contribution in [0.25, 0.3) is 11.3 Å². The largest absolute Gasteiger partial charge is 0.348 e. The standard InChI is InChI=1S/C28H26N2.C22H22N2.C17H20N2.C16H18N2/c1-21(2)22-16-18-25(19-17-22)29-20-30-26(23-10-5-3-6-11-23)14-9-15-27(30)28(29)24-12-7-4-8-13-24;1-16-13-17(2)21(18(3)14-16)24-15-23-12-8-7-11-20(23)22(24)19-9-5-4-6-10-19;1-12-8-13(2)17(14(3)9-12)18-10-16-7-5-6-15(4)19(16)11-18;1-12-8-13(2)16(14(3)9-12)18-10-15-6-4-5-7-17(15)11-18/h3-21,28H,1-2H3;4-15,22H,1-3H3;5-9,11H,10H2,1-4H3;4-9,11H,10H2,1-3H3. The summed E-state index contributed by atoms with van der Waals surface area (Å²) in [7, 11) is 0. The van der Waals surface area contributed by atoms with Crippen molar-refractivity contribution in [3.8, 4) is 11.3 Å². The quantitative estimate of drug-likeness (QED) is 0.112. The van der Waals surface area contributed by atoms with E-state index in [2.05, 4.69) is 384 Å². The van der Waals surface area contributed by atoms with Gasteiger partial charge < -0.3 is 37.9 Å². The fourth-order valence-electron chi connectivity index (χ4n) is 14.1. The maximum absolute atomic E-state index is 2.41. The third kappa shape index (κ3) is 12.9. The Balaban J connectivity index is 0.000000120. The van der Waals surface area contributed by atoms with Crippen LogP contribution < -0.4 is 37.9 Å². The minimum atomic E-state index is 0.139. The molecule has 0 aliphatic carbocycles. The van der Waals surface area contributed by atoms with Gasteiger partial charge >= 0.3 is 0 Å². The molecule has 91 heavy (non-hydrogen) atoms. The first kappa shape index (κ1) is 61.1. The van der Waals surface area contributed by atoms with Crippen molar-refractivity contribution in [1.82, 2.24) is 0 Å². The Bertz CT molecular complexity index is 4270. The number of hydrogen-bond donors (Lipinski definition) is 0. The first-order valence-corrected chi connectivity index (χ1v) is 32.1. The lowest BCUT2D eigenvalue weighted by Crippen LogP contribution is -2.37. The molecule has 8 heterocycles. The second kappa shape index (κ2) is 26.5. The molecule has 0 fully saturated rings. The lowest BCUT2D eigenvalue weighted by atomic mass is 9.99. The average Bonchev–Trinajstić information content (AvgIpc) is 1.67. The number of aryl methyl sites for hydroxylation is 10. The van der Waals surface area contributed by atoms with E-state index in [0.717, 1.165) is 13.1 Å². The van der Waals surface area contributed by atoms with Crippen LogP contribution >= 0.6 is 0 Å². The van der Waals surface area contributed by atoms with Gasteiger partial charge in [-0.2, -0.15) is 0 Å². The lowest BCUT2D eigenvalue weighted by Gasteiger charge is -2.29. The monoisotopic (exact) mass is 1190 g/mol. The number of anilines is 4. The van der Waals surface area contributed by atoms with Crippen molar-refractivity contribution in [2.45, 2.75) is 114 Å². The van der Waals surface area contributed by atoms with E-state index in [1.165, 1.54) is 129 Å². The van der Waals surface area contributed by atoms with E-state index < -0.39 is 0 Å². The summed E-state index contributed by atoms with van der Waals surface area (Å²) in [5, 5.41) is 0. The van der Waals surface area contributed by atoms with Crippen molar-refractivity contribution >= 4 is 22.7 Å². The highest BCUT2D eigenvalue weighted by atomic mass is 15.4. The Labute approximate surface area is 541 Å². The summed E-state index contributed by atoms with van der Waals surface area (Å²) in [6, 6.07) is 80.9. The minimum absolute atomic E-state index is 0.139. The van der Waals surface area contributed by atoms with Gasteiger partial charge in [-0.3, -0.25) is 0 Å². The van der Waals surface area contributed by atoms with E-state index in [1.54, 1.807) is 0 Å². The molecule has 2 atom stereocenters. The summed E-state index contributed by atoms with van der Waals surface area (Å²) in [6.07, 6.45) is 4.23. The maximum atomic E-state index is 2.41. The summed E-state index contributed by atoms with van der Waals surface area (Å²) >= 11 is 0. The van der Waals surface area contributed by atoms with Crippen LogP contribution in [-0.4, -0.2) is 0 Å². The van der Waals surface area contributed by atoms with Gasteiger partial charge in [0.25, 0.3) is 0 Å². The Morgan fingerprint density at radius 2 is 0.835 bits per heavy atom. The first-order chi connectivity index (χ1) is 44.1. The van der Waals surface area contributed by atoms with E-state index in [9.17, 15) is 0 Å². The average molecular weight is 1200 g/mol. The van der Waals surface area contributed by atoms with E-state index >= 15 is 0 Å². The highest BCUT2D eigenvalue weighted by molar-refractivity contribution is 5.66. The van der Waals surface area contributed by atoms with Crippen LogP contribution in [0.15, 0.2) is 237 Å². The molecule has 0 bridgehead atoms. The van der Waals surface area contributed by atoms with Crippen LogP contribution in [0.4, 0.5) is 22.7 Å². The number of fused-ring (bicyclic) bond motifs is 4. The van der Waals surface area contributed by atoms with Gasteiger partial charge in [-0.15, -0.1) is 0 Å². The fourth-order valence-corrected chi connectivity index (χ4v) is 14.1. The van der Waals surface area contributed by atoms with Crippen LogP contribution in [-0.2, 0) is 13.1 Å².